The van der Waals surface area contributed by atoms with E-state index in [0.29, 0.717) is 22.3 Å². The summed E-state index contributed by atoms with van der Waals surface area (Å²) in [5.41, 5.74) is 30.0. The second-order valence-electron chi connectivity index (χ2n) is 33.3. The number of nitrogens with one attached hydrogen (secondary N) is 19. The third kappa shape index (κ3) is 39.8. The van der Waals surface area contributed by atoms with Gasteiger partial charge in [0.25, 0.3) is 0 Å². The molecule has 3 heterocycles. The molecule has 1 saturated heterocycles. The highest BCUT2D eigenvalue weighted by molar-refractivity contribution is 7.99. The Kier molecular flexibility index (Phi) is 47.4. The van der Waals surface area contributed by atoms with Gasteiger partial charge in [0.2, 0.25) is 106 Å². The average Bonchev–Trinajstić information content (AvgIpc) is 1.65. The molecule has 18 amide bonds. The molecular weight excluding hydrogens is 1840 g/mol. The number of primary amides is 2. The van der Waals surface area contributed by atoms with Crippen LogP contribution in [-0.2, 0) is 124 Å². The van der Waals surface area contributed by atoms with Gasteiger partial charge in [-0.05, 0) is 99.3 Å². The highest BCUT2D eigenvalue weighted by Crippen LogP contribution is 2.27. The molecule has 750 valence electrons. The summed E-state index contributed by atoms with van der Waals surface area (Å²) in [5, 5.41) is 97.9. The van der Waals surface area contributed by atoms with E-state index in [0.717, 1.165) is 47.1 Å². The first-order valence-electron chi connectivity index (χ1n) is 43.6. The Balaban J connectivity index is 1.82. The Labute approximate surface area is 794 Å². The van der Waals surface area contributed by atoms with Crippen LogP contribution in [0.25, 0.3) is 0 Å². The molecule has 0 spiro atoms. The van der Waals surface area contributed by atoms with Crippen LogP contribution < -0.4 is 119 Å². The second-order valence-corrected chi connectivity index (χ2v) is 36.4. The van der Waals surface area contributed by atoms with Gasteiger partial charge in [0.05, 0.1) is 38.5 Å². The summed E-state index contributed by atoms with van der Waals surface area (Å²) in [7, 11) is 0. The first kappa shape index (κ1) is 113. The summed E-state index contributed by atoms with van der Waals surface area (Å²) in [6.45, 7) is 6.24. The number of nitrogens with zero attached hydrogens (tertiary/aromatic N) is 1. The van der Waals surface area contributed by atoms with E-state index in [4.69, 9.17) is 39.5 Å². The van der Waals surface area contributed by atoms with Crippen LogP contribution in [0.1, 0.15) is 141 Å². The zero-order valence-electron chi connectivity index (χ0n) is 75.9. The van der Waals surface area contributed by atoms with Gasteiger partial charge in [-0.3, -0.25) is 112 Å². The Morgan fingerprint density at radius 3 is 1.43 bits per heavy atom. The lowest BCUT2D eigenvalue weighted by atomic mass is 10.0. The molecule has 33 N–H and O–H groups in total. The molecule has 2 aromatic carbocycles. The molecule has 3 aliphatic heterocycles. The van der Waals surface area contributed by atoms with Gasteiger partial charge in [-0.15, -0.1) is 0 Å². The van der Waals surface area contributed by atoms with Crippen LogP contribution in [0.2, 0.25) is 0 Å². The Morgan fingerprint density at radius 2 is 0.934 bits per heavy atom. The maximum absolute atomic E-state index is 15.7. The van der Waals surface area contributed by atoms with Crippen molar-refractivity contribution in [2.75, 3.05) is 50.0 Å². The molecule has 53 heteroatoms. The number of thioether (sulfide) groups is 3. The van der Waals surface area contributed by atoms with Crippen LogP contribution >= 0.6 is 35.3 Å². The topological polar surface area (TPSA) is 825 Å². The molecule has 1 fully saturated rings. The molecule has 0 radical (unpaired) electrons. The lowest BCUT2D eigenvalue weighted by molar-refractivity contribution is -0.143. The van der Waals surface area contributed by atoms with E-state index in [1.165, 1.54) is 20.8 Å². The van der Waals surface area contributed by atoms with Crippen molar-refractivity contribution in [1.29, 1.82) is 10.8 Å². The number of guanidine groups is 2. The van der Waals surface area contributed by atoms with E-state index in [1.54, 1.807) is 62.4 Å². The van der Waals surface area contributed by atoms with E-state index in [2.05, 4.69) is 90.4 Å². The Bertz CT molecular complexity index is 4650. The number of rotatable bonds is 28. The van der Waals surface area contributed by atoms with Gasteiger partial charge >= 0.3 is 17.9 Å². The molecule has 50 nitrogen and oxygen atoms in total. The zero-order valence-corrected chi connectivity index (χ0v) is 78.4. The van der Waals surface area contributed by atoms with E-state index in [9.17, 15) is 102 Å². The molecule has 2 aromatic rings. The third-order valence-corrected chi connectivity index (χ3v) is 24.3. The summed E-state index contributed by atoms with van der Waals surface area (Å²) in [5.74, 6) is -29.1. The third-order valence-electron chi connectivity index (χ3n) is 21.0. The number of carbonyl (C=O) groups excluding carboxylic acids is 18. The number of aliphatic hydroxyl groups excluding tert-OH is 1. The van der Waals surface area contributed by atoms with Crippen LogP contribution in [-0.4, -0.2) is 308 Å². The number of carboxylic acid groups (broad SMARTS) is 3. The number of fused-ring (bicyclic) bond motifs is 6. The zero-order chi connectivity index (χ0) is 101. The SMILES string of the molecule is CC(C)C[C@H]1NC(=O)[C@H](C)NC(=O)[C@H](CCC(=O)O)NC(=O)[C@H](CC(=O)O)NC(=O)[C@H](C(C)C)NC(=O)[C@@H]2CCCN2C(=O)[C@@H]2CSCc3cc(cc(c3)CSC[C@@H](C(=O)NCC(N)=O)NC1=O)CSC[C@H](NC(=O)[C@H](C)N)C(=O)N[C@@H](CO)C(=O)N[C@@H](CC(=O)O)C(=O)N[C@@H](CCCNC(=N)N)C(=O)N[C@@H](Cc1ccccc1)C(=O)N[C@@H](CCCNC(=N)N)C(=O)N[C@@H](CC(N)=O)C(=O)N2. The van der Waals surface area contributed by atoms with E-state index < -0.39 is 303 Å². The summed E-state index contributed by atoms with van der Waals surface area (Å²) in [6.07, 6.45) is -6.51. The van der Waals surface area contributed by atoms with Crippen molar-refractivity contribution in [3.63, 3.8) is 0 Å². The van der Waals surface area contributed by atoms with E-state index in [-0.39, 0.29) is 92.8 Å². The normalized spacial score (nSPS) is 24.7. The minimum Gasteiger partial charge on any atom is -0.481 e. The van der Waals surface area contributed by atoms with Gasteiger partial charge < -0.3 is 144 Å². The number of amides is 18. The van der Waals surface area contributed by atoms with Gasteiger partial charge in [0.15, 0.2) is 11.9 Å². The van der Waals surface area contributed by atoms with Gasteiger partial charge in [0.1, 0.15) is 90.6 Å². The molecule has 16 atom stereocenters. The number of benzene rings is 2. The van der Waals surface area contributed by atoms with Gasteiger partial charge in [-0.25, -0.2) is 0 Å². The predicted octanol–water partition coefficient (Wildman–Crippen LogP) is -8.69. The van der Waals surface area contributed by atoms with Gasteiger partial charge in [0, 0.05) is 67.0 Å². The lowest BCUT2D eigenvalue weighted by Crippen LogP contribution is -2.62. The lowest BCUT2D eigenvalue weighted by Gasteiger charge is -2.31. The molecule has 0 saturated carbocycles. The maximum Gasteiger partial charge on any atom is 0.305 e. The van der Waals surface area contributed by atoms with Crippen molar-refractivity contribution in [1.82, 2.24) is 95.3 Å². The predicted molar refractivity (Wildman–Crippen MR) is 493 cm³/mol. The monoisotopic (exact) mass is 1970 g/mol. The molecule has 4 bridgehead atoms. The smallest absolute Gasteiger partial charge is 0.305 e. The Morgan fingerprint density at radius 1 is 0.485 bits per heavy atom. The highest BCUT2D eigenvalue weighted by atomic mass is 32.2. The van der Waals surface area contributed by atoms with Crippen LogP contribution in [0.3, 0.4) is 0 Å². The van der Waals surface area contributed by atoms with Crippen LogP contribution in [0.5, 0.6) is 0 Å². The summed E-state index contributed by atoms with van der Waals surface area (Å²) >= 11 is 3.00. The first-order valence-corrected chi connectivity index (χ1v) is 47.1. The molecule has 0 unspecified atom stereocenters. The summed E-state index contributed by atoms with van der Waals surface area (Å²) in [4.78, 5) is 298. The number of carbonyl (C=O) groups is 21. The van der Waals surface area contributed by atoms with E-state index >= 15 is 19.2 Å². The quantitative estimate of drug-likeness (QED) is 0.0214. The van der Waals surface area contributed by atoms with Crippen molar-refractivity contribution in [2.45, 2.75) is 239 Å². The number of nitrogens with two attached hydrogens (primary N) is 5. The fraction of sp³-hybridized carbons (Fsp3) is 0.578. The number of aliphatic hydroxyl groups is 1. The number of hydrogen-bond donors (Lipinski definition) is 28. The van der Waals surface area contributed by atoms with Crippen molar-refractivity contribution in [2.24, 2.45) is 40.5 Å². The van der Waals surface area contributed by atoms with Crippen LogP contribution in [0, 0.1) is 22.7 Å². The van der Waals surface area contributed by atoms with Crippen LogP contribution in [0.4, 0.5) is 0 Å². The first-order chi connectivity index (χ1) is 64.1. The molecule has 3 aliphatic rings. The standard InChI is InChI=1S/C83H125N25O25S3/c1-39(2)23-50-72(124)105-56(68(120)93-31-61(86)111)36-134-33-44-24-45-26-46(25-44)35-136-38-58(81(133)108-22-12-17-59(108)79(131)107-65(40(3)4)80(132)102-54(30-64(116)117)76(128)97-49(18-19-62(112)113)69(121)94-42(6)67(119)98-50)106-74(126)52(28-60(85)110)100-71(123)48(16-11-21-92-83(89)90)95-73(125)51(27-43-13-8-7-9-14-43)99-70(122)47(15-10-20-91-82(87)88)96-75(127)53(29-63(114)115)101-77(129)55(32-109)103-78(130)57(37-135-34-45)104-66(118)41(5)84/h7-9,13-14,24-26,39-42,47-59,65,109H,10-12,15-23,27-38,84H2,1-6H3,(H2,85,110)(H2,86,111)(H,93,120)(H,94,121)(H,95,125)(H,96,127)(H,97,128)(H,98,119)(H,99,122)(H,100,123)(H,101,129)(H,102,132)(H,103,130)(H,104,118)(H,105,124)(H,106,126)(H,107,131)(H,112,113)(H,114,115)(H,116,117)(H4,87,88,91)(H4,89,90,92)/t41-,42-,47-,48-,49-,50+,51-,52-,53-,54-,55-,56-,57-,58-,59-,65-/m0/s1. The van der Waals surface area contributed by atoms with Crippen molar-refractivity contribution < 1.29 is 121 Å². The summed E-state index contributed by atoms with van der Waals surface area (Å²) < 4.78 is 0. The average molecular weight is 1970 g/mol. The summed E-state index contributed by atoms with van der Waals surface area (Å²) in [6, 6.07) is -15.1. The van der Waals surface area contributed by atoms with Crippen LogP contribution in [0.15, 0.2) is 48.5 Å². The highest BCUT2D eigenvalue weighted by Gasteiger charge is 2.44. The van der Waals surface area contributed by atoms with Gasteiger partial charge in [-0.2, -0.15) is 35.3 Å². The fourth-order valence-electron chi connectivity index (χ4n) is 14.1. The van der Waals surface area contributed by atoms with E-state index in [1.807, 2.05) is 0 Å². The number of hydrogen-bond acceptors (Lipinski definition) is 28. The fourth-order valence-corrected chi connectivity index (χ4v) is 17.0. The van der Waals surface area contributed by atoms with Crippen molar-refractivity contribution in [3.05, 3.63) is 70.8 Å². The molecule has 0 aliphatic carbocycles. The van der Waals surface area contributed by atoms with Crippen molar-refractivity contribution in [3.8, 4) is 0 Å². The minimum atomic E-state index is -2.13. The molecule has 0 aromatic heterocycles. The molecular formula is C83H125N25O25S3. The minimum absolute atomic E-state index is 0.0519. The molecule has 136 heavy (non-hydrogen) atoms. The number of aliphatic carboxylic acids is 3. The second kappa shape index (κ2) is 56.9. The van der Waals surface area contributed by atoms with Crippen molar-refractivity contribution >= 4 is 171 Å². The Hall–Kier alpha value is -13.2. The number of carboxylic acids is 3. The largest absolute Gasteiger partial charge is 0.481 e. The van der Waals surface area contributed by atoms with Gasteiger partial charge in [-0.1, -0.05) is 76.2 Å². The maximum atomic E-state index is 15.7. The molecule has 5 rings (SSSR count).